The first-order chi connectivity index (χ1) is 16.7. The van der Waals surface area contributed by atoms with Crippen LogP contribution in [0.15, 0.2) is 60.2 Å². The van der Waals surface area contributed by atoms with Crippen LogP contribution in [0.5, 0.6) is 11.5 Å². The van der Waals surface area contributed by atoms with E-state index in [-0.39, 0.29) is 38.4 Å². The molecule has 3 aromatic rings. The van der Waals surface area contributed by atoms with Gasteiger partial charge in [0.25, 0.3) is 11.7 Å². The molecule has 1 saturated heterocycles. The van der Waals surface area contributed by atoms with Crippen molar-refractivity contribution in [1.82, 2.24) is 0 Å². The van der Waals surface area contributed by atoms with E-state index in [1.165, 1.54) is 43.4 Å². The smallest absolute Gasteiger partial charge is 0.300 e. The van der Waals surface area contributed by atoms with Crippen molar-refractivity contribution >= 4 is 46.3 Å². The summed E-state index contributed by atoms with van der Waals surface area (Å²) in [5.41, 5.74) is 1.27. The number of hydrogen-bond donors (Lipinski definition) is 1. The highest BCUT2D eigenvalue weighted by atomic mass is 35.5. The third kappa shape index (κ3) is 4.11. The first-order valence-corrected chi connectivity index (χ1v) is 11.2. The molecule has 0 bridgehead atoms. The Morgan fingerprint density at radius 3 is 2.31 bits per heavy atom. The summed E-state index contributed by atoms with van der Waals surface area (Å²) in [4.78, 5) is 27.8. The first-order valence-electron chi connectivity index (χ1n) is 10.4. The van der Waals surface area contributed by atoms with Crippen molar-refractivity contribution in [1.29, 1.82) is 0 Å². The summed E-state index contributed by atoms with van der Waals surface area (Å²) in [6.07, 6.45) is 0. The van der Waals surface area contributed by atoms with Gasteiger partial charge >= 0.3 is 0 Å². The largest absolute Gasteiger partial charge is 0.507 e. The highest BCUT2D eigenvalue weighted by Crippen LogP contribution is 2.48. The molecule has 0 spiro atoms. The number of Topliss-reactive ketones (excluding diaryl/α,β-unsaturated/α-hetero) is 1. The molecule has 1 amide bonds. The molecule has 0 aliphatic carbocycles. The molecule has 0 aromatic heterocycles. The third-order valence-corrected chi connectivity index (χ3v) is 6.43. The predicted octanol–water partition coefficient (Wildman–Crippen LogP) is 6.08. The highest BCUT2D eigenvalue weighted by Gasteiger charge is 2.47. The maximum atomic E-state index is 14.1. The molecule has 1 heterocycles. The van der Waals surface area contributed by atoms with Gasteiger partial charge in [0, 0.05) is 5.69 Å². The number of ether oxygens (including phenoxy) is 2. The number of carbonyl (C=O) groups excluding carboxylic acids is 2. The Labute approximate surface area is 211 Å². The third-order valence-electron chi connectivity index (χ3n) is 5.81. The Balaban J connectivity index is 2.05. The van der Waals surface area contributed by atoms with E-state index in [1.807, 2.05) is 13.0 Å². The Morgan fingerprint density at radius 2 is 1.69 bits per heavy atom. The number of benzene rings is 3. The van der Waals surface area contributed by atoms with Gasteiger partial charge in [0.2, 0.25) is 0 Å². The lowest BCUT2D eigenvalue weighted by molar-refractivity contribution is -0.132. The van der Waals surface area contributed by atoms with Gasteiger partial charge in [-0.1, -0.05) is 53.5 Å². The molecule has 6 nitrogen and oxygen atoms in total. The lowest BCUT2D eigenvalue weighted by Gasteiger charge is -2.27. The molecule has 0 saturated carbocycles. The van der Waals surface area contributed by atoms with Crippen molar-refractivity contribution in [3.63, 3.8) is 0 Å². The van der Waals surface area contributed by atoms with Crippen LogP contribution in [0.4, 0.5) is 10.1 Å². The molecule has 1 atom stereocenters. The fraction of sp³-hybridized carbons (Fsp3) is 0.154. The zero-order valence-corrected chi connectivity index (χ0v) is 20.4. The molecule has 35 heavy (non-hydrogen) atoms. The molecular formula is C26H20Cl2FNO5. The quantitative estimate of drug-likeness (QED) is 0.253. The Bertz CT molecular complexity index is 1390. The summed E-state index contributed by atoms with van der Waals surface area (Å²) in [7, 11) is 2.70. The number of aliphatic hydroxyl groups is 1. The summed E-state index contributed by atoms with van der Waals surface area (Å²) in [6.45, 7) is 1.81. The van der Waals surface area contributed by atoms with Crippen LogP contribution >= 0.6 is 23.2 Å². The zero-order chi connectivity index (χ0) is 25.4. The number of halogens is 3. The molecule has 0 radical (unpaired) electrons. The lowest BCUT2D eigenvalue weighted by atomic mass is 9.92. The normalized spacial score (nSPS) is 17.1. The van der Waals surface area contributed by atoms with Crippen LogP contribution in [0.2, 0.25) is 10.0 Å². The fourth-order valence-corrected chi connectivity index (χ4v) is 4.89. The molecule has 9 heteroatoms. The molecule has 1 aliphatic rings. The van der Waals surface area contributed by atoms with Crippen LogP contribution in [-0.4, -0.2) is 31.0 Å². The number of carbonyl (C=O) groups is 2. The summed E-state index contributed by atoms with van der Waals surface area (Å²) < 4.78 is 24.7. The molecule has 4 rings (SSSR count). The molecule has 1 N–H and O–H groups in total. The Morgan fingerprint density at radius 1 is 1.00 bits per heavy atom. The minimum absolute atomic E-state index is 0.000809. The van der Waals surface area contributed by atoms with E-state index in [0.717, 1.165) is 11.6 Å². The second-order valence-electron chi connectivity index (χ2n) is 7.79. The van der Waals surface area contributed by atoms with Gasteiger partial charge in [-0.3, -0.25) is 14.5 Å². The van der Waals surface area contributed by atoms with E-state index in [0.29, 0.717) is 5.56 Å². The van der Waals surface area contributed by atoms with Gasteiger partial charge in [-0.2, -0.15) is 0 Å². The van der Waals surface area contributed by atoms with Crippen molar-refractivity contribution in [3.05, 3.63) is 92.7 Å². The van der Waals surface area contributed by atoms with Crippen LogP contribution in [0.3, 0.4) is 0 Å². The number of aryl methyl sites for hydroxylation is 1. The number of amides is 1. The standard InChI is InChI=1S/C26H20Cl2FNO5/c1-13-7-4-5-10-16(13)21-19(23(32)26(33)30(21)15-9-6-8-14(29)11-15)22(31)17-12-18(27)25(35-3)20(28)24(17)34-2/h4-12,21,31H,1-3H3/b22-19+. The van der Waals surface area contributed by atoms with Gasteiger partial charge in [0.1, 0.15) is 16.6 Å². The molecular weight excluding hydrogens is 496 g/mol. The predicted molar refractivity (Wildman–Crippen MR) is 132 cm³/mol. The number of nitrogens with zero attached hydrogens (tertiary/aromatic N) is 1. The van der Waals surface area contributed by atoms with E-state index in [9.17, 15) is 19.1 Å². The van der Waals surface area contributed by atoms with E-state index in [4.69, 9.17) is 32.7 Å². The summed E-state index contributed by atoms with van der Waals surface area (Å²) in [5.74, 6) is -2.87. The second kappa shape index (κ2) is 9.60. The van der Waals surface area contributed by atoms with Crippen molar-refractivity contribution in [2.24, 2.45) is 0 Å². The zero-order valence-electron chi connectivity index (χ0n) is 18.9. The van der Waals surface area contributed by atoms with Crippen LogP contribution in [0, 0.1) is 12.7 Å². The van der Waals surface area contributed by atoms with Gasteiger partial charge in [0.15, 0.2) is 11.5 Å². The summed E-state index contributed by atoms with van der Waals surface area (Å²) in [6, 6.07) is 12.7. The first kappa shape index (κ1) is 24.6. The lowest BCUT2D eigenvalue weighted by Crippen LogP contribution is -2.29. The van der Waals surface area contributed by atoms with Crippen LogP contribution in [-0.2, 0) is 9.59 Å². The molecule has 180 valence electrons. The van der Waals surface area contributed by atoms with E-state index in [1.54, 1.807) is 18.2 Å². The maximum absolute atomic E-state index is 14.1. The minimum atomic E-state index is -1.05. The number of aliphatic hydroxyl groups excluding tert-OH is 1. The average molecular weight is 516 g/mol. The van der Waals surface area contributed by atoms with Crippen molar-refractivity contribution in [2.45, 2.75) is 13.0 Å². The van der Waals surface area contributed by atoms with E-state index >= 15 is 0 Å². The highest BCUT2D eigenvalue weighted by molar-refractivity contribution is 6.52. The van der Waals surface area contributed by atoms with Crippen molar-refractivity contribution < 1.29 is 28.6 Å². The van der Waals surface area contributed by atoms with Crippen LogP contribution in [0.25, 0.3) is 5.76 Å². The van der Waals surface area contributed by atoms with Gasteiger partial charge in [0.05, 0.1) is 36.4 Å². The summed E-state index contributed by atoms with van der Waals surface area (Å²) in [5, 5.41) is 11.5. The van der Waals surface area contributed by atoms with Crippen LogP contribution < -0.4 is 14.4 Å². The number of anilines is 1. The van der Waals surface area contributed by atoms with Gasteiger partial charge in [-0.05, 0) is 42.3 Å². The van der Waals surface area contributed by atoms with Gasteiger partial charge in [-0.15, -0.1) is 0 Å². The van der Waals surface area contributed by atoms with Gasteiger partial charge < -0.3 is 14.6 Å². The average Bonchev–Trinajstić information content (AvgIpc) is 3.09. The number of hydrogen-bond acceptors (Lipinski definition) is 5. The van der Waals surface area contributed by atoms with E-state index < -0.39 is 29.3 Å². The monoisotopic (exact) mass is 515 g/mol. The Kier molecular flexibility index (Phi) is 6.74. The molecule has 1 unspecified atom stereocenters. The maximum Gasteiger partial charge on any atom is 0.300 e. The Hall–Kier alpha value is -3.55. The molecule has 3 aromatic carbocycles. The summed E-state index contributed by atoms with van der Waals surface area (Å²) >= 11 is 12.7. The molecule has 1 fully saturated rings. The molecule has 1 aliphatic heterocycles. The second-order valence-corrected chi connectivity index (χ2v) is 8.58. The SMILES string of the molecule is COc1c(Cl)cc(/C(O)=C2\C(=O)C(=O)N(c3cccc(F)c3)C2c2ccccc2C)c(OC)c1Cl. The number of rotatable bonds is 5. The minimum Gasteiger partial charge on any atom is -0.507 e. The van der Waals surface area contributed by atoms with Crippen molar-refractivity contribution in [3.8, 4) is 11.5 Å². The fourth-order valence-electron chi connectivity index (χ4n) is 4.20. The van der Waals surface area contributed by atoms with E-state index in [2.05, 4.69) is 0 Å². The topological polar surface area (TPSA) is 76.1 Å². The van der Waals surface area contributed by atoms with Crippen molar-refractivity contribution in [2.75, 3.05) is 19.1 Å². The number of methoxy groups -OCH3 is 2. The number of ketones is 1. The van der Waals surface area contributed by atoms with Crippen LogP contribution in [0.1, 0.15) is 22.7 Å². The van der Waals surface area contributed by atoms with Gasteiger partial charge in [-0.25, -0.2) is 4.39 Å².